The summed E-state index contributed by atoms with van der Waals surface area (Å²) in [4.78, 5) is 3.62. The number of nitrogens with zero attached hydrogens (tertiary/aromatic N) is 2. The molecule has 3 aromatic carbocycles. The molecule has 8 heteroatoms. The Labute approximate surface area is 258 Å². The van der Waals surface area contributed by atoms with Gasteiger partial charge in [0.1, 0.15) is 24.0 Å². The van der Waals surface area contributed by atoms with Crippen molar-refractivity contribution >= 4 is 5.69 Å². The molecule has 1 spiro atoms. The van der Waals surface area contributed by atoms with Gasteiger partial charge in [0.2, 0.25) is 0 Å². The summed E-state index contributed by atoms with van der Waals surface area (Å²) < 4.78 is 67.0. The number of ether oxygens (including phenoxy) is 1. The quantitative estimate of drug-likeness (QED) is 0.276. The van der Waals surface area contributed by atoms with Crippen molar-refractivity contribution in [2.75, 3.05) is 44.2 Å². The molecule has 2 saturated heterocycles. The van der Waals surface area contributed by atoms with Crippen LogP contribution in [0, 0.1) is 17.0 Å². The Morgan fingerprint density at radius 1 is 0.886 bits per heavy atom. The van der Waals surface area contributed by atoms with Crippen LogP contribution >= 0.6 is 0 Å². The molecule has 3 aromatic rings. The third kappa shape index (κ3) is 7.07. The Bertz CT molecular complexity index is 1400. The molecular weight excluding hydrogens is 566 g/mol. The predicted molar refractivity (Wildman–Crippen MR) is 167 cm³/mol. The van der Waals surface area contributed by atoms with Crippen LogP contribution in [0.15, 0.2) is 60.7 Å². The second-order valence-corrected chi connectivity index (χ2v) is 13.1. The third-order valence-corrected chi connectivity index (χ3v) is 9.81. The van der Waals surface area contributed by atoms with Crippen molar-refractivity contribution in [1.29, 1.82) is 0 Å². The van der Waals surface area contributed by atoms with Crippen LogP contribution < -0.4 is 15.0 Å². The van der Waals surface area contributed by atoms with Gasteiger partial charge in [0.25, 0.3) is 5.92 Å². The fourth-order valence-electron chi connectivity index (χ4n) is 7.57. The highest BCUT2D eigenvalue weighted by molar-refractivity contribution is 5.52. The number of nitrogens with one attached hydrogen (secondary N) is 1. The Morgan fingerprint density at radius 2 is 1.66 bits per heavy atom. The lowest BCUT2D eigenvalue weighted by molar-refractivity contribution is -0.0245. The van der Waals surface area contributed by atoms with Gasteiger partial charge in [0.15, 0.2) is 0 Å². The molecule has 0 aliphatic carbocycles. The molecule has 236 valence electrons. The van der Waals surface area contributed by atoms with Crippen LogP contribution in [0.3, 0.4) is 0 Å². The summed E-state index contributed by atoms with van der Waals surface area (Å²) >= 11 is 0. The predicted octanol–water partition coefficient (Wildman–Crippen LogP) is 7.90. The van der Waals surface area contributed by atoms with Gasteiger partial charge < -0.3 is 15.0 Å². The zero-order valence-electron chi connectivity index (χ0n) is 25.6. The molecule has 0 radical (unpaired) electrons. The van der Waals surface area contributed by atoms with Crippen LogP contribution in [0.2, 0.25) is 0 Å². The average Bonchev–Trinajstić information content (AvgIpc) is 3.36. The molecule has 0 amide bonds. The van der Waals surface area contributed by atoms with Gasteiger partial charge in [-0.15, -0.1) is 0 Å². The fourth-order valence-corrected chi connectivity index (χ4v) is 7.57. The highest BCUT2D eigenvalue weighted by atomic mass is 19.3. The van der Waals surface area contributed by atoms with Crippen LogP contribution in [-0.4, -0.2) is 50.1 Å². The Kier molecular flexibility index (Phi) is 9.20. The lowest BCUT2D eigenvalue weighted by atomic mass is 9.75. The van der Waals surface area contributed by atoms with Crippen molar-refractivity contribution in [2.45, 2.75) is 70.4 Å². The SMILES string of the molecule is CC(F)(F)CN1CCc2cc(OCc3ccccc3)ccc2C1c1c(F)cc(N2CCCC3(CCCNCC3)CC2)cc1F. The van der Waals surface area contributed by atoms with E-state index in [1.54, 1.807) is 12.1 Å². The summed E-state index contributed by atoms with van der Waals surface area (Å²) in [6, 6.07) is 17.1. The summed E-state index contributed by atoms with van der Waals surface area (Å²) in [6.45, 7) is 4.48. The van der Waals surface area contributed by atoms with Crippen molar-refractivity contribution in [2.24, 2.45) is 5.41 Å². The maximum atomic E-state index is 16.1. The van der Waals surface area contributed by atoms with E-state index in [9.17, 15) is 8.78 Å². The smallest absolute Gasteiger partial charge is 0.257 e. The Morgan fingerprint density at radius 3 is 2.43 bits per heavy atom. The highest BCUT2D eigenvalue weighted by Gasteiger charge is 2.38. The van der Waals surface area contributed by atoms with Gasteiger partial charge in [0.05, 0.1) is 12.6 Å². The second-order valence-electron chi connectivity index (χ2n) is 13.1. The highest BCUT2D eigenvalue weighted by Crippen LogP contribution is 2.43. The monoisotopic (exact) mass is 609 g/mol. The molecule has 3 heterocycles. The van der Waals surface area contributed by atoms with E-state index in [0.717, 1.165) is 76.3 Å². The second kappa shape index (κ2) is 13.1. The van der Waals surface area contributed by atoms with E-state index in [1.807, 2.05) is 36.4 Å². The van der Waals surface area contributed by atoms with Crippen molar-refractivity contribution < 1.29 is 22.3 Å². The number of halogens is 4. The molecule has 2 fully saturated rings. The van der Waals surface area contributed by atoms with Crippen molar-refractivity contribution in [1.82, 2.24) is 10.2 Å². The van der Waals surface area contributed by atoms with Crippen LogP contribution in [-0.2, 0) is 13.0 Å². The van der Waals surface area contributed by atoms with Crippen molar-refractivity contribution in [3.05, 3.63) is 94.6 Å². The first-order chi connectivity index (χ1) is 21.2. The molecule has 6 rings (SSSR count). The lowest BCUT2D eigenvalue weighted by Crippen LogP contribution is -2.43. The van der Waals surface area contributed by atoms with E-state index in [0.29, 0.717) is 30.0 Å². The van der Waals surface area contributed by atoms with E-state index in [-0.39, 0.29) is 17.5 Å². The summed E-state index contributed by atoms with van der Waals surface area (Å²) in [7, 11) is 0. The number of rotatable bonds is 7. The summed E-state index contributed by atoms with van der Waals surface area (Å²) in [5, 5.41) is 3.50. The van der Waals surface area contributed by atoms with Gasteiger partial charge in [-0.2, -0.15) is 0 Å². The minimum atomic E-state index is -3.02. The van der Waals surface area contributed by atoms with Crippen LogP contribution in [0.25, 0.3) is 0 Å². The van der Waals surface area contributed by atoms with E-state index in [1.165, 1.54) is 23.5 Å². The van der Waals surface area contributed by atoms with Crippen LogP contribution in [0.4, 0.5) is 23.2 Å². The number of alkyl halides is 2. The molecule has 3 aliphatic rings. The topological polar surface area (TPSA) is 27.7 Å². The van der Waals surface area contributed by atoms with Crippen molar-refractivity contribution in [3.8, 4) is 5.75 Å². The maximum Gasteiger partial charge on any atom is 0.257 e. The van der Waals surface area contributed by atoms with E-state index in [4.69, 9.17) is 4.74 Å². The minimum Gasteiger partial charge on any atom is -0.489 e. The number of fused-ring (bicyclic) bond motifs is 1. The molecule has 1 N–H and O–H groups in total. The molecular formula is C36H43F4N3O. The first-order valence-electron chi connectivity index (χ1n) is 16.1. The molecule has 4 nitrogen and oxygen atoms in total. The zero-order chi connectivity index (χ0) is 30.7. The molecule has 0 saturated carbocycles. The Hall–Kier alpha value is -3.10. The van der Waals surface area contributed by atoms with Crippen LogP contribution in [0.5, 0.6) is 5.75 Å². The first kappa shape index (κ1) is 30.9. The molecule has 44 heavy (non-hydrogen) atoms. The lowest BCUT2D eigenvalue weighted by Gasteiger charge is -2.39. The molecule has 3 aliphatic heterocycles. The largest absolute Gasteiger partial charge is 0.489 e. The molecule has 0 aromatic heterocycles. The standard InChI is InChI=1S/C36H43F4N3O/c1-35(39,40)25-43-19-11-27-21-29(44-24-26-7-3-2-4-8-26)9-10-30(27)34(43)33-31(37)22-28(23-32(33)38)42-18-6-13-36(15-20-42)12-5-16-41-17-14-36/h2-4,7-10,21-23,34,41H,5-6,11-20,24-25H2,1H3. The summed E-state index contributed by atoms with van der Waals surface area (Å²) in [5.41, 5.74) is 3.16. The summed E-state index contributed by atoms with van der Waals surface area (Å²) in [6.07, 6.45) is 7.09. The van der Waals surface area contributed by atoms with Crippen molar-refractivity contribution in [3.63, 3.8) is 0 Å². The first-order valence-corrected chi connectivity index (χ1v) is 16.1. The van der Waals surface area contributed by atoms with E-state index < -0.39 is 30.1 Å². The number of hydrogen-bond acceptors (Lipinski definition) is 4. The number of hydrogen-bond donors (Lipinski definition) is 1. The minimum absolute atomic E-state index is 0.168. The van der Waals surface area contributed by atoms with Gasteiger partial charge in [0, 0.05) is 37.8 Å². The molecule has 2 atom stereocenters. The number of benzene rings is 3. The number of anilines is 1. The van der Waals surface area contributed by atoms with Gasteiger partial charge in [-0.1, -0.05) is 36.4 Å². The fraction of sp³-hybridized carbons (Fsp3) is 0.500. The molecule has 2 unspecified atom stereocenters. The van der Waals surface area contributed by atoms with Gasteiger partial charge in [-0.3, -0.25) is 4.90 Å². The van der Waals surface area contributed by atoms with E-state index >= 15 is 8.78 Å². The van der Waals surface area contributed by atoms with E-state index in [2.05, 4.69) is 10.2 Å². The molecule has 0 bridgehead atoms. The average molecular weight is 610 g/mol. The zero-order valence-corrected chi connectivity index (χ0v) is 25.6. The summed E-state index contributed by atoms with van der Waals surface area (Å²) in [5.74, 6) is -3.76. The van der Waals surface area contributed by atoms with Gasteiger partial charge in [-0.05, 0) is 104 Å². The van der Waals surface area contributed by atoms with Crippen LogP contribution in [0.1, 0.15) is 73.7 Å². The van der Waals surface area contributed by atoms with Gasteiger partial charge in [-0.25, -0.2) is 17.6 Å². The normalized spacial score (nSPS) is 23.2. The maximum absolute atomic E-state index is 16.1. The Balaban J connectivity index is 1.27. The third-order valence-electron chi connectivity index (χ3n) is 9.81. The van der Waals surface area contributed by atoms with Gasteiger partial charge >= 0.3 is 0 Å².